The minimum absolute atomic E-state index is 1.04. The van der Waals surface area contributed by atoms with Gasteiger partial charge in [0.1, 0.15) is 0 Å². The summed E-state index contributed by atoms with van der Waals surface area (Å²) in [6, 6.07) is 10.4. The van der Waals surface area contributed by atoms with Crippen LogP contribution in [0.3, 0.4) is 0 Å². The molecule has 17 heavy (non-hydrogen) atoms. The molecule has 0 spiro atoms. The van der Waals surface area contributed by atoms with E-state index in [0.717, 1.165) is 25.0 Å². The van der Waals surface area contributed by atoms with E-state index in [1.807, 2.05) is 12.3 Å². The van der Waals surface area contributed by atoms with Crippen molar-refractivity contribution in [3.8, 4) is 0 Å². The molecule has 88 valence electrons. The Kier molecular flexibility index (Phi) is 4.28. The lowest BCUT2D eigenvalue weighted by Crippen LogP contribution is -2.12. The highest BCUT2D eigenvalue weighted by molar-refractivity contribution is 5.80. The molecule has 0 bridgehead atoms. The largest absolute Gasteiger partial charge is 0.317 e. The number of pyridine rings is 1. The van der Waals surface area contributed by atoms with Crippen LogP contribution in [0.1, 0.15) is 18.9 Å². The molecule has 1 aromatic carbocycles. The van der Waals surface area contributed by atoms with Crippen molar-refractivity contribution >= 4 is 17.0 Å². The van der Waals surface area contributed by atoms with Crippen LogP contribution in [0.4, 0.5) is 0 Å². The van der Waals surface area contributed by atoms with Gasteiger partial charge < -0.3 is 5.32 Å². The first kappa shape index (κ1) is 11.8. The van der Waals surface area contributed by atoms with Gasteiger partial charge in [-0.3, -0.25) is 4.98 Å². The first-order valence-corrected chi connectivity index (χ1v) is 6.12. The first-order valence-electron chi connectivity index (χ1n) is 6.12. The van der Waals surface area contributed by atoms with Crippen molar-refractivity contribution in [1.29, 1.82) is 0 Å². The number of rotatable bonds is 5. The molecule has 1 N–H and O–H groups in total. The summed E-state index contributed by atoms with van der Waals surface area (Å²) < 4.78 is 0. The van der Waals surface area contributed by atoms with Crippen molar-refractivity contribution in [2.24, 2.45) is 0 Å². The Hall–Kier alpha value is -1.67. The van der Waals surface area contributed by atoms with Crippen molar-refractivity contribution in [3.05, 3.63) is 48.2 Å². The van der Waals surface area contributed by atoms with Crippen LogP contribution in [0.15, 0.2) is 42.6 Å². The molecule has 0 aliphatic heterocycles. The summed E-state index contributed by atoms with van der Waals surface area (Å²) in [5.74, 6) is 0. The van der Waals surface area contributed by atoms with Gasteiger partial charge in [0, 0.05) is 11.6 Å². The fraction of sp³-hybridized carbons (Fsp3) is 0.267. The van der Waals surface area contributed by atoms with Gasteiger partial charge in [0.05, 0.1) is 5.52 Å². The third-order valence-corrected chi connectivity index (χ3v) is 2.68. The summed E-state index contributed by atoms with van der Waals surface area (Å²) in [5, 5.41) is 4.50. The maximum Gasteiger partial charge on any atom is 0.0702 e. The summed E-state index contributed by atoms with van der Waals surface area (Å²) in [4.78, 5) is 4.31. The molecule has 0 atom stereocenters. The zero-order valence-electron chi connectivity index (χ0n) is 10.2. The predicted octanol–water partition coefficient (Wildman–Crippen LogP) is 3.25. The lowest BCUT2D eigenvalue weighted by Gasteiger charge is -1.99. The molecule has 1 aromatic heterocycles. The molecular formula is C15H18N2. The quantitative estimate of drug-likeness (QED) is 0.792. The van der Waals surface area contributed by atoms with Crippen molar-refractivity contribution in [3.63, 3.8) is 0 Å². The van der Waals surface area contributed by atoms with Gasteiger partial charge in [0.2, 0.25) is 0 Å². The van der Waals surface area contributed by atoms with Gasteiger partial charge in [-0.2, -0.15) is 0 Å². The molecule has 0 saturated heterocycles. The summed E-state index contributed by atoms with van der Waals surface area (Å²) in [5.41, 5.74) is 2.29. The highest BCUT2D eigenvalue weighted by Crippen LogP contribution is 2.14. The number of nitrogens with zero attached hydrogens (tertiary/aromatic N) is 1. The van der Waals surface area contributed by atoms with Crippen molar-refractivity contribution in [2.75, 3.05) is 13.1 Å². The Labute approximate surface area is 102 Å². The Bertz CT molecular complexity index is 503. The average Bonchev–Trinajstić information content (AvgIpc) is 2.38. The Morgan fingerprint density at radius 3 is 3.12 bits per heavy atom. The Balaban J connectivity index is 2.04. The molecule has 0 aliphatic carbocycles. The molecule has 2 nitrogen and oxygen atoms in total. The van der Waals surface area contributed by atoms with Gasteiger partial charge in [0.25, 0.3) is 0 Å². The maximum absolute atomic E-state index is 4.31. The van der Waals surface area contributed by atoms with Crippen LogP contribution in [0, 0.1) is 0 Å². The van der Waals surface area contributed by atoms with Crippen LogP contribution in [0.25, 0.3) is 17.0 Å². The van der Waals surface area contributed by atoms with Crippen LogP contribution in [0.5, 0.6) is 0 Å². The van der Waals surface area contributed by atoms with Gasteiger partial charge in [-0.1, -0.05) is 31.2 Å². The highest BCUT2D eigenvalue weighted by atomic mass is 14.8. The fourth-order valence-electron chi connectivity index (χ4n) is 1.78. The lowest BCUT2D eigenvalue weighted by atomic mass is 10.1. The standard InChI is InChI=1S/C15H18N2/c1-2-16-10-4-3-6-13-8-9-15-14(12-13)7-5-11-17-15/h3,5-9,11-12,16H,2,4,10H2,1H3/b6-3+. The smallest absolute Gasteiger partial charge is 0.0702 e. The first-order chi connectivity index (χ1) is 8.40. The minimum Gasteiger partial charge on any atom is -0.317 e. The Morgan fingerprint density at radius 2 is 2.24 bits per heavy atom. The third-order valence-electron chi connectivity index (χ3n) is 2.68. The molecule has 0 amide bonds. The highest BCUT2D eigenvalue weighted by Gasteiger charge is 1.93. The van der Waals surface area contributed by atoms with Crippen LogP contribution in [0.2, 0.25) is 0 Å². The summed E-state index contributed by atoms with van der Waals surface area (Å²) in [7, 11) is 0. The molecule has 0 saturated carbocycles. The number of benzene rings is 1. The van der Waals surface area contributed by atoms with E-state index in [9.17, 15) is 0 Å². The van der Waals surface area contributed by atoms with Crippen LogP contribution in [-0.4, -0.2) is 18.1 Å². The number of nitrogens with one attached hydrogen (secondary N) is 1. The molecule has 2 aromatic rings. The van der Waals surface area contributed by atoms with Crippen molar-refractivity contribution in [1.82, 2.24) is 10.3 Å². The third kappa shape index (κ3) is 3.40. The molecule has 0 fully saturated rings. The van der Waals surface area contributed by atoms with Crippen molar-refractivity contribution in [2.45, 2.75) is 13.3 Å². The number of hydrogen-bond acceptors (Lipinski definition) is 2. The van der Waals surface area contributed by atoms with E-state index in [0.29, 0.717) is 0 Å². The van der Waals surface area contributed by atoms with Crippen molar-refractivity contribution < 1.29 is 0 Å². The van der Waals surface area contributed by atoms with E-state index >= 15 is 0 Å². The van der Waals surface area contributed by atoms with Crippen LogP contribution in [-0.2, 0) is 0 Å². The molecule has 2 rings (SSSR count). The SMILES string of the molecule is CCNCC/C=C/c1ccc2ncccc2c1. The maximum atomic E-state index is 4.31. The normalized spacial score (nSPS) is 11.4. The molecule has 1 heterocycles. The van der Waals surface area contributed by atoms with E-state index in [4.69, 9.17) is 0 Å². The average molecular weight is 226 g/mol. The Morgan fingerprint density at radius 1 is 1.29 bits per heavy atom. The van der Waals surface area contributed by atoms with E-state index in [-0.39, 0.29) is 0 Å². The van der Waals surface area contributed by atoms with Gasteiger partial charge >= 0.3 is 0 Å². The number of hydrogen-bond donors (Lipinski definition) is 1. The summed E-state index contributed by atoms with van der Waals surface area (Å²) in [6.07, 6.45) is 7.27. The summed E-state index contributed by atoms with van der Waals surface area (Å²) >= 11 is 0. The second-order valence-corrected chi connectivity index (χ2v) is 4.00. The summed E-state index contributed by atoms with van der Waals surface area (Å²) in [6.45, 7) is 4.21. The topological polar surface area (TPSA) is 24.9 Å². The number of aromatic nitrogens is 1. The minimum atomic E-state index is 1.04. The predicted molar refractivity (Wildman–Crippen MR) is 73.9 cm³/mol. The van der Waals surface area contributed by atoms with E-state index in [2.05, 4.69) is 53.6 Å². The van der Waals surface area contributed by atoms with E-state index < -0.39 is 0 Å². The second kappa shape index (κ2) is 6.16. The molecule has 0 unspecified atom stereocenters. The fourth-order valence-corrected chi connectivity index (χ4v) is 1.78. The van der Waals surface area contributed by atoms with Gasteiger partial charge in [-0.15, -0.1) is 0 Å². The van der Waals surface area contributed by atoms with E-state index in [1.54, 1.807) is 0 Å². The molecule has 2 heteroatoms. The monoisotopic (exact) mass is 226 g/mol. The number of fused-ring (bicyclic) bond motifs is 1. The van der Waals surface area contributed by atoms with Gasteiger partial charge in [-0.05, 0) is 43.3 Å². The van der Waals surface area contributed by atoms with Crippen LogP contribution < -0.4 is 5.32 Å². The lowest BCUT2D eigenvalue weighted by molar-refractivity contribution is 0.727. The molecule has 0 aliphatic rings. The second-order valence-electron chi connectivity index (χ2n) is 4.00. The van der Waals surface area contributed by atoms with Gasteiger partial charge in [-0.25, -0.2) is 0 Å². The van der Waals surface area contributed by atoms with E-state index in [1.165, 1.54) is 10.9 Å². The zero-order chi connectivity index (χ0) is 11.9. The van der Waals surface area contributed by atoms with Crippen LogP contribution >= 0.6 is 0 Å². The molecular weight excluding hydrogens is 208 g/mol. The zero-order valence-corrected chi connectivity index (χ0v) is 10.2. The van der Waals surface area contributed by atoms with Gasteiger partial charge in [0.15, 0.2) is 0 Å². The molecule has 0 radical (unpaired) electrons.